The highest BCUT2D eigenvalue weighted by Crippen LogP contribution is 2.29. The topological polar surface area (TPSA) is 66.5 Å². The van der Waals surface area contributed by atoms with Crippen LogP contribution in [-0.4, -0.2) is 20.9 Å². The molecule has 0 radical (unpaired) electrons. The zero-order chi connectivity index (χ0) is 21.3. The van der Waals surface area contributed by atoms with Crippen molar-refractivity contribution in [2.75, 3.05) is 16.2 Å². The highest BCUT2D eigenvalue weighted by Gasteiger charge is 2.25. The first kappa shape index (κ1) is 20.2. The normalized spacial score (nSPS) is 13.6. The molecule has 0 spiro atoms. The van der Waals surface area contributed by atoms with Gasteiger partial charge in [-0.15, -0.1) is 0 Å². The molecule has 0 atom stereocenters. The Labute approximate surface area is 177 Å². The number of rotatable bonds is 4. The van der Waals surface area contributed by atoms with E-state index in [1.54, 1.807) is 36.1 Å². The number of hydrogen-bond donors (Lipinski definition) is 1. The molecule has 0 fully saturated rings. The van der Waals surface area contributed by atoms with E-state index in [2.05, 4.69) is 4.72 Å². The highest BCUT2D eigenvalue weighted by molar-refractivity contribution is 7.92. The summed E-state index contributed by atoms with van der Waals surface area (Å²) in [4.78, 5) is 15.1. The van der Waals surface area contributed by atoms with Crippen LogP contribution in [0.1, 0.15) is 33.5 Å². The summed E-state index contributed by atoms with van der Waals surface area (Å²) in [6, 6.07) is 19.9. The van der Waals surface area contributed by atoms with E-state index in [0.29, 0.717) is 23.4 Å². The van der Waals surface area contributed by atoms with Crippen molar-refractivity contribution >= 4 is 27.3 Å². The molecule has 0 bridgehead atoms. The predicted molar refractivity (Wildman–Crippen MR) is 120 cm³/mol. The van der Waals surface area contributed by atoms with Crippen molar-refractivity contribution in [2.45, 2.75) is 31.6 Å². The average Bonchev–Trinajstić information content (AvgIpc) is 2.74. The Kier molecular flexibility index (Phi) is 5.35. The van der Waals surface area contributed by atoms with Gasteiger partial charge < -0.3 is 4.90 Å². The SMILES string of the molecule is Cc1ccc(NS(=O)(=O)c2cc(C(=O)N3CCCc4ccccc43)ccc2C)cc1. The van der Waals surface area contributed by atoms with E-state index in [4.69, 9.17) is 0 Å². The van der Waals surface area contributed by atoms with Crippen LogP contribution in [0.25, 0.3) is 0 Å². The van der Waals surface area contributed by atoms with E-state index < -0.39 is 10.0 Å². The molecule has 4 rings (SSSR count). The van der Waals surface area contributed by atoms with E-state index in [-0.39, 0.29) is 10.8 Å². The fourth-order valence-electron chi connectivity index (χ4n) is 3.75. The van der Waals surface area contributed by atoms with Crippen LogP contribution in [0, 0.1) is 13.8 Å². The molecule has 0 aliphatic carbocycles. The van der Waals surface area contributed by atoms with Gasteiger partial charge in [0.05, 0.1) is 4.90 Å². The van der Waals surface area contributed by atoms with Gasteiger partial charge in [-0.1, -0.05) is 42.0 Å². The van der Waals surface area contributed by atoms with Crippen molar-refractivity contribution in [3.05, 3.63) is 89.0 Å². The molecular formula is C24H24N2O3S. The summed E-state index contributed by atoms with van der Waals surface area (Å²) in [6.07, 6.45) is 1.82. The van der Waals surface area contributed by atoms with E-state index in [1.165, 1.54) is 6.07 Å². The largest absolute Gasteiger partial charge is 0.308 e. The van der Waals surface area contributed by atoms with Gasteiger partial charge in [0.1, 0.15) is 0 Å². The Morgan fingerprint density at radius 1 is 0.967 bits per heavy atom. The number of nitrogens with zero attached hydrogens (tertiary/aromatic N) is 1. The minimum absolute atomic E-state index is 0.110. The second-order valence-corrected chi connectivity index (χ2v) is 9.29. The maximum Gasteiger partial charge on any atom is 0.262 e. The van der Waals surface area contributed by atoms with E-state index in [1.807, 2.05) is 43.3 Å². The minimum Gasteiger partial charge on any atom is -0.308 e. The molecule has 0 saturated carbocycles. The summed E-state index contributed by atoms with van der Waals surface area (Å²) in [6.45, 7) is 4.29. The molecule has 0 aromatic heterocycles. The van der Waals surface area contributed by atoms with Gasteiger partial charge in [0.2, 0.25) is 0 Å². The molecule has 0 saturated heterocycles. The Bertz CT molecular complexity index is 1200. The summed E-state index contributed by atoms with van der Waals surface area (Å²) in [5.74, 6) is -0.186. The second-order valence-electron chi connectivity index (χ2n) is 7.64. The van der Waals surface area contributed by atoms with Gasteiger partial charge in [-0.05, 0) is 68.1 Å². The van der Waals surface area contributed by atoms with E-state index in [9.17, 15) is 13.2 Å². The van der Waals surface area contributed by atoms with Gasteiger partial charge in [0.15, 0.2) is 0 Å². The standard InChI is InChI=1S/C24H24N2O3S/c1-17-9-13-21(14-10-17)25-30(28,29)23-16-20(12-11-18(23)2)24(27)26-15-5-7-19-6-3-4-8-22(19)26/h3-4,6,8-14,16,25H,5,7,15H2,1-2H3. The third-order valence-corrected chi connectivity index (χ3v) is 6.91. The lowest BCUT2D eigenvalue weighted by Crippen LogP contribution is -2.35. The fourth-order valence-corrected chi connectivity index (χ4v) is 5.09. The van der Waals surface area contributed by atoms with Crippen LogP contribution in [0.4, 0.5) is 11.4 Å². The summed E-state index contributed by atoms with van der Waals surface area (Å²) in [5, 5.41) is 0. The molecule has 1 heterocycles. The summed E-state index contributed by atoms with van der Waals surface area (Å²) in [7, 11) is -3.82. The molecule has 30 heavy (non-hydrogen) atoms. The first-order chi connectivity index (χ1) is 14.3. The zero-order valence-corrected chi connectivity index (χ0v) is 17.9. The molecule has 3 aromatic rings. The fraction of sp³-hybridized carbons (Fsp3) is 0.208. The number of hydrogen-bond acceptors (Lipinski definition) is 3. The number of fused-ring (bicyclic) bond motifs is 1. The quantitative estimate of drug-likeness (QED) is 0.665. The van der Waals surface area contributed by atoms with Crippen molar-refractivity contribution in [1.29, 1.82) is 0 Å². The molecule has 6 heteroatoms. The zero-order valence-electron chi connectivity index (χ0n) is 17.1. The number of aryl methyl sites for hydroxylation is 3. The number of sulfonamides is 1. The second kappa shape index (κ2) is 7.95. The number of para-hydroxylation sites is 1. The molecular weight excluding hydrogens is 396 g/mol. The van der Waals surface area contributed by atoms with Crippen LogP contribution >= 0.6 is 0 Å². The third-order valence-electron chi connectivity index (χ3n) is 5.38. The Morgan fingerprint density at radius 2 is 1.70 bits per heavy atom. The molecule has 5 nitrogen and oxygen atoms in total. The number of carbonyl (C=O) groups is 1. The van der Waals surface area contributed by atoms with E-state index in [0.717, 1.165) is 29.7 Å². The van der Waals surface area contributed by atoms with Crippen molar-refractivity contribution < 1.29 is 13.2 Å². The highest BCUT2D eigenvalue weighted by atomic mass is 32.2. The maximum absolute atomic E-state index is 13.3. The summed E-state index contributed by atoms with van der Waals surface area (Å²) >= 11 is 0. The number of carbonyl (C=O) groups excluding carboxylic acids is 1. The Hall–Kier alpha value is -3.12. The number of anilines is 2. The summed E-state index contributed by atoms with van der Waals surface area (Å²) < 4.78 is 28.7. The van der Waals surface area contributed by atoms with Gasteiger partial charge in [-0.25, -0.2) is 8.42 Å². The van der Waals surface area contributed by atoms with Crippen LogP contribution in [0.5, 0.6) is 0 Å². The molecule has 1 N–H and O–H groups in total. The molecule has 1 aliphatic rings. The molecule has 3 aromatic carbocycles. The predicted octanol–water partition coefficient (Wildman–Crippen LogP) is 4.70. The Balaban J connectivity index is 1.67. The van der Waals surface area contributed by atoms with Crippen LogP contribution in [-0.2, 0) is 16.4 Å². The average molecular weight is 421 g/mol. The van der Waals surface area contributed by atoms with Gasteiger partial charge in [-0.3, -0.25) is 9.52 Å². The van der Waals surface area contributed by atoms with Crippen LogP contribution in [0.15, 0.2) is 71.6 Å². The first-order valence-corrected chi connectivity index (χ1v) is 11.4. The lowest BCUT2D eigenvalue weighted by atomic mass is 10.0. The number of amides is 1. The van der Waals surface area contributed by atoms with Crippen molar-refractivity contribution in [3.63, 3.8) is 0 Å². The van der Waals surface area contributed by atoms with Gasteiger partial charge in [-0.2, -0.15) is 0 Å². The number of benzene rings is 3. The molecule has 154 valence electrons. The Morgan fingerprint density at radius 3 is 2.47 bits per heavy atom. The van der Waals surface area contributed by atoms with Crippen LogP contribution in [0.2, 0.25) is 0 Å². The lowest BCUT2D eigenvalue weighted by Gasteiger charge is -2.29. The smallest absolute Gasteiger partial charge is 0.262 e. The lowest BCUT2D eigenvalue weighted by molar-refractivity contribution is 0.0985. The first-order valence-electron chi connectivity index (χ1n) is 9.95. The molecule has 1 aliphatic heterocycles. The monoisotopic (exact) mass is 420 g/mol. The van der Waals surface area contributed by atoms with Crippen molar-refractivity contribution in [2.24, 2.45) is 0 Å². The third kappa shape index (κ3) is 3.96. The van der Waals surface area contributed by atoms with Gasteiger partial charge in [0, 0.05) is 23.5 Å². The number of nitrogens with one attached hydrogen (secondary N) is 1. The van der Waals surface area contributed by atoms with Crippen molar-refractivity contribution in [1.82, 2.24) is 0 Å². The maximum atomic E-state index is 13.3. The molecule has 1 amide bonds. The van der Waals surface area contributed by atoms with Gasteiger partial charge in [0.25, 0.3) is 15.9 Å². The summed E-state index contributed by atoms with van der Waals surface area (Å²) in [5.41, 5.74) is 4.52. The van der Waals surface area contributed by atoms with Gasteiger partial charge >= 0.3 is 0 Å². The van der Waals surface area contributed by atoms with Crippen LogP contribution in [0.3, 0.4) is 0 Å². The molecule has 0 unspecified atom stereocenters. The van der Waals surface area contributed by atoms with E-state index >= 15 is 0 Å². The van der Waals surface area contributed by atoms with Crippen molar-refractivity contribution in [3.8, 4) is 0 Å². The minimum atomic E-state index is -3.82. The van der Waals surface area contributed by atoms with Crippen LogP contribution < -0.4 is 9.62 Å².